The molecule has 0 spiro atoms. The smallest absolute Gasteiger partial charge is 0.124 e. The summed E-state index contributed by atoms with van der Waals surface area (Å²) in [5.41, 5.74) is 2.72. The Balaban J connectivity index is 1.73. The lowest BCUT2D eigenvalue weighted by atomic mass is 10.2. The van der Waals surface area contributed by atoms with E-state index in [4.69, 9.17) is 51.1 Å². The molecule has 0 radical (unpaired) electrons. The third-order valence-corrected chi connectivity index (χ3v) is 5.58. The molecule has 3 rings (SSSR count). The van der Waals surface area contributed by atoms with Crippen LogP contribution in [0.2, 0.25) is 20.1 Å². The van der Waals surface area contributed by atoms with Crippen LogP contribution in [0.15, 0.2) is 59.1 Å². The highest BCUT2D eigenvalue weighted by Crippen LogP contribution is 2.29. The molecule has 0 bridgehead atoms. The fourth-order valence-corrected chi connectivity index (χ4v) is 3.65. The van der Waals surface area contributed by atoms with E-state index in [2.05, 4.69) is 21.2 Å². The molecule has 0 aliphatic carbocycles. The molecule has 0 aromatic heterocycles. The third-order valence-electron chi connectivity index (χ3n) is 3.80. The lowest BCUT2D eigenvalue weighted by Gasteiger charge is -2.14. The summed E-state index contributed by atoms with van der Waals surface area (Å²) in [4.78, 5) is 0. The maximum absolute atomic E-state index is 6.22. The highest BCUT2D eigenvalue weighted by Gasteiger charge is 2.08. The highest BCUT2D eigenvalue weighted by atomic mass is 79.9. The summed E-state index contributed by atoms with van der Waals surface area (Å²) < 4.78 is 6.96. The molecule has 0 aliphatic heterocycles. The molecule has 3 aromatic rings. The molecule has 0 atom stereocenters. The fourth-order valence-electron chi connectivity index (χ4n) is 2.44. The Kier molecular flexibility index (Phi) is 7.18. The van der Waals surface area contributed by atoms with Gasteiger partial charge in [-0.1, -0.05) is 68.4 Å². The van der Waals surface area contributed by atoms with E-state index >= 15 is 0 Å². The summed E-state index contributed by atoms with van der Waals surface area (Å²) in [6.07, 6.45) is 0. The molecule has 0 unspecified atom stereocenters. The largest absolute Gasteiger partial charge is 0.489 e. The molecule has 7 heteroatoms. The first-order valence-electron chi connectivity index (χ1n) is 7.96. The van der Waals surface area contributed by atoms with Crippen LogP contribution in [0.25, 0.3) is 0 Å². The van der Waals surface area contributed by atoms with Gasteiger partial charge < -0.3 is 10.1 Å². The molecule has 3 aromatic carbocycles. The van der Waals surface area contributed by atoms with E-state index in [-0.39, 0.29) is 0 Å². The number of hydrogen-bond acceptors (Lipinski definition) is 2. The van der Waals surface area contributed by atoms with Crippen LogP contribution in [0.3, 0.4) is 0 Å². The Morgan fingerprint density at radius 1 is 0.815 bits per heavy atom. The van der Waals surface area contributed by atoms with Crippen molar-refractivity contribution in [1.29, 1.82) is 0 Å². The monoisotopic (exact) mass is 503 g/mol. The molecule has 0 saturated carbocycles. The summed E-state index contributed by atoms with van der Waals surface area (Å²) in [5, 5.41) is 5.50. The number of ether oxygens (including phenoxy) is 1. The minimum absolute atomic E-state index is 0.382. The van der Waals surface area contributed by atoms with E-state index < -0.39 is 0 Å². The van der Waals surface area contributed by atoms with Gasteiger partial charge in [-0.05, 0) is 54.1 Å². The van der Waals surface area contributed by atoms with E-state index in [0.717, 1.165) is 27.0 Å². The van der Waals surface area contributed by atoms with Gasteiger partial charge in [0, 0.05) is 21.6 Å². The lowest BCUT2D eigenvalue weighted by Crippen LogP contribution is -2.04. The zero-order chi connectivity index (χ0) is 19.4. The van der Waals surface area contributed by atoms with E-state index in [9.17, 15) is 0 Å². The minimum Gasteiger partial charge on any atom is -0.489 e. The van der Waals surface area contributed by atoms with Gasteiger partial charge in [0.05, 0.1) is 20.8 Å². The Labute approximate surface area is 186 Å². The number of benzene rings is 3. The Morgan fingerprint density at radius 3 is 2.37 bits per heavy atom. The summed E-state index contributed by atoms with van der Waals surface area (Å²) in [6, 6.07) is 16.6. The van der Waals surface area contributed by atoms with Crippen molar-refractivity contribution in [3.63, 3.8) is 0 Å². The summed E-state index contributed by atoms with van der Waals surface area (Å²) in [7, 11) is 0. The third kappa shape index (κ3) is 5.69. The average Bonchev–Trinajstić information content (AvgIpc) is 2.63. The van der Waals surface area contributed by atoms with Gasteiger partial charge in [0.1, 0.15) is 12.4 Å². The SMILES string of the molecule is Clc1ccc(NCc2cc(Br)ccc2OCc2ccc(Cl)c(Cl)c2)c(Cl)c1. The molecule has 2 nitrogen and oxygen atoms in total. The average molecular weight is 506 g/mol. The van der Waals surface area contributed by atoms with Gasteiger partial charge in [-0.2, -0.15) is 0 Å². The minimum atomic E-state index is 0.382. The molecular formula is C20H14BrCl4NO. The van der Waals surface area contributed by atoms with E-state index in [1.165, 1.54) is 0 Å². The predicted octanol–water partition coefficient (Wildman–Crippen LogP) is 8.25. The fraction of sp³-hybridized carbons (Fsp3) is 0.100. The molecule has 0 fully saturated rings. The first-order chi connectivity index (χ1) is 12.9. The zero-order valence-electron chi connectivity index (χ0n) is 13.9. The second-order valence-corrected chi connectivity index (χ2v) is 8.34. The molecule has 0 heterocycles. The number of nitrogens with one attached hydrogen (secondary N) is 1. The topological polar surface area (TPSA) is 21.3 Å². The molecule has 0 aliphatic rings. The van der Waals surface area contributed by atoms with Crippen molar-refractivity contribution in [3.8, 4) is 5.75 Å². The molecule has 0 saturated heterocycles. The maximum Gasteiger partial charge on any atom is 0.124 e. The van der Waals surface area contributed by atoms with Gasteiger partial charge in [0.15, 0.2) is 0 Å². The van der Waals surface area contributed by atoms with E-state index in [0.29, 0.717) is 33.2 Å². The first kappa shape index (κ1) is 20.6. The molecule has 1 N–H and O–H groups in total. The van der Waals surface area contributed by atoms with Crippen LogP contribution in [-0.4, -0.2) is 0 Å². The van der Waals surface area contributed by atoms with Gasteiger partial charge in [0.2, 0.25) is 0 Å². The van der Waals surface area contributed by atoms with Crippen molar-refractivity contribution >= 4 is 68.0 Å². The quantitative estimate of drug-likeness (QED) is 0.364. The number of halogens is 5. The number of rotatable bonds is 6. The molecular weight excluding hydrogens is 492 g/mol. The Morgan fingerprint density at radius 2 is 1.63 bits per heavy atom. The van der Waals surface area contributed by atoms with Crippen molar-refractivity contribution < 1.29 is 4.74 Å². The normalized spacial score (nSPS) is 10.7. The molecule has 27 heavy (non-hydrogen) atoms. The first-order valence-corrected chi connectivity index (χ1v) is 10.3. The van der Waals surface area contributed by atoms with E-state index in [1.807, 2.05) is 30.3 Å². The van der Waals surface area contributed by atoms with Crippen LogP contribution in [0.1, 0.15) is 11.1 Å². The predicted molar refractivity (Wildman–Crippen MR) is 119 cm³/mol. The van der Waals surface area contributed by atoms with Crippen molar-refractivity contribution in [1.82, 2.24) is 0 Å². The number of hydrogen-bond donors (Lipinski definition) is 1. The maximum atomic E-state index is 6.22. The van der Waals surface area contributed by atoms with Gasteiger partial charge >= 0.3 is 0 Å². The van der Waals surface area contributed by atoms with Crippen molar-refractivity contribution in [2.75, 3.05) is 5.32 Å². The van der Waals surface area contributed by atoms with Gasteiger partial charge in [0.25, 0.3) is 0 Å². The van der Waals surface area contributed by atoms with Crippen molar-refractivity contribution in [2.24, 2.45) is 0 Å². The van der Waals surface area contributed by atoms with Gasteiger partial charge in [-0.25, -0.2) is 0 Å². The lowest BCUT2D eigenvalue weighted by molar-refractivity contribution is 0.303. The highest BCUT2D eigenvalue weighted by molar-refractivity contribution is 9.10. The van der Waals surface area contributed by atoms with Crippen molar-refractivity contribution in [3.05, 3.63) is 90.3 Å². The van der Waals surface area contributed by atoms with Gasteiger partial charge in [-0.15, -0.1) is 0 Å². The van der Waals surface area contributed by atoms with E-state index in [1.54, 1.807) is 24.3 Å². The van der Waals surface area contributed by atoms with Crippen LogP contribution >= 0.6 is 62.3 Å². The summed E-state index contributed by atoms with van der Waals surface area (Å²) >= 11 is 27.7. The molecule has 0 amide bonds. The standard InChI is InChI=1S/C20H14BrCl4NO/c21-14-2-6-20(27-11-12-1-4-16(23)17(24)7-12)13(8-14)10-26-19-5-3-15(22)9-18(19)25/h1-9,26H,10-11H2. The number of anilines is 1. The van der Waals surface area contributed by atoms with Crippen LogP contribution in [-0.2, 0) is 13.2 Å². The summed E-state index contributed by atoms with van der Waals surface area (Å²) in [5.74, 6) is 0.766. The van der Waals surface area contributed by atoms with Crippen LogP contribution < -0.4 is 10.1 Å². The Hall–Kier alpha value is -1.10. The Bertz CT molecular complexity index is 965. The second kappa shape index (κ2) is 9.40. The van der Waals surface area contributed by atoms with Gasteiger partial charge in [-0.3, -0.25) is 0 Å². The van der Waals surface area contributed by atoms with Crippen LogP contribution in [0, 0.1) is 0 Å². The van der Waals surface area contributed by atoms with Crippen molar-refractivity contribution in [2.45, 2.75) is 13.2 Å². The summed E-state index contributed by atoms with van der Waals surface area (Å²) in [6.45, 7) is 0.921. The van der Waals surface area contributed by atoms with Crippen LogP contribution in [0.4, 0.5) is 5.69 Å². The second-order valence-electron chi connectivity index (χ2n) is 5.77. The zero-order valence-corrected chi connectivity index (χ0v) is 18.5. The molecule has 140 valence electrons. The van der Waals surface area contributed by atoms with Crippen LogP contribution in [0.5, 0.6) is 5.75 Å².